The Balaban J connectivity index is 1.86. The van der Waals surface area contributed by atoms with Gasteiger partial charge in [0.2, 0.25) is 0 Å². The molecule has 0 saturated heterocycles. The van der Waals surface area contributed by atoms with Crippen molar-refractivity contribution in [3.05, 3.63) is 59.7 Å². The molecule has 2 aromatic rings. The van der Waals surface area contributed by atoms with Gasteiger partial charge in [-0.2, -0.15) is 0 Å². The molecule has 0 amide bonds. The third-order valence-electron chi connectivity index (χ3n) is 3.62. The van der Waals surface area contributed by atoms with Crippen molar-refractivity contribution in [2.24, 2.45) is 0 Å². The molecule has 2 rings (SSSR count). The van der Waals surface area contributed by atoms with Crippen molar-refractivity contribution in [2.45, 2.75) is 32.9 Å². The maximum Gasteiger partial charge on any atom is 0.119 e. The van der Waals surface area contributed by atoms with E-state index in [4.69, 9.17) is 9.47 Å². The summed E-state index contributed by atoms with van der Waals surface area (Å²) in [6, 6.07) is 16.8. The average Bonchev–Trinajstić information content (AvgIpc) is 2.58. The highest BCUT2D eigenvalue weighted by molar-refractivity contribution is 5.30. The molecule has 2 aromatic carbocycles. The largest absolute Gasteiger partial charge is 0.497 e. The number of nitrogens with one attached hydrogen (secondary N) is 1. The summed E-state index contributed by atoms with van der Waals surface area (Å²) in [6.07, 6.45) is 1.03. The lowest BCUT2D eigenvalue weighted by molar-refractivity contribution is 0.317. The predicted octanol–water partition coefficient (Wildman–Crippen LogP) is 4.33. The molecule has 1 N–H and O–H groups in total. The van der Waals surface area contributed by atoms with Crippen LogP contribution in [0.2, 0.25) is 0 Å². The zero-order chi connectivity index (χ0) is 15.8. The predicted molar refractivity (Wildman–Crippen MR) is 90.5 cm³/mol. The fraction of sp³-hybridized carbons (Fsp3) is 0.368. The van der Waals surface area contributed by atoms with E-state index in [2.05, 4.69) is 43.4 Å². The second-order valence-corrected chi connectivity index (χ2v) is 5.37. The van der Waals surface area contributed by atoms with Crippen molar-refractivity contribution in [3.63, 3.8) is 0 Å². The van der Waals surface area contributed by atoms with Gasteiger partial charge in [-0.15, -0.1) is 0 Å². The van der Waals surface area contributed by atoms with Crippen LogP contribution >= 0.6 is 0 Å². The standard InChI is InChI=1S/C19H25NO2/c1-4-13-22-19-11-7-17(8-12-19)15(2)20-14-16-5-9-18(21-3)10-6-16/h5-12,15,20H,4,13-14H2,1-3H3. The van der Waals surface area contributed by atoms with Crippen LogP contribution in [-0.4, -0.2) is 13.7 Å². The molecule has 3 nitrogen and oxygen atoms in total. The van der Waals surface area contributed by atoms with Crippen LogP contribution in [0.1, 0.15) is 37.4 Å². The third-order valence-corrected chi connectivity index (χ3v) is 3.62. The first-order chi connectivity index (χ1) is 10.7. The topological polar surface area (TPSA) is 30.5 Å². The number of methoxy groups -OCH3 is 1. The molecule has 1 atom stereocenters. The maximum absolute atomic E-state index is 5.61. The Bertz CT molecular complexity index is 549. The molecule has 0 aliphatic heterocycles. The highest BCUT2D eigenvalue weighted by atomic mass is 16.5. The fourth-order valence-electron chi connectivity index (χ4n) is 2.20. The summed E-state index contributed by atoms with van der Waals surface area (Å²) < 4.78 is 10.8. The lowest BCUT2D eigenvalue weighted by Crippen LogP contribution is -2.17. The van der Waals surface area contributed by atoms with Gasteiger partial charge in [-0.05, 0) is 48.7 Å². The lowest BCUT2D eigenvalue weighted by Gasteiger charge is -2.15. The van der Waals surface area contributed by atoms with Crippen LogP contribution in [-0.2, 0) is 6.54 Å². The molecule has 0 radical (unpaired) electrons. The van der Waals surface area contributed by atoms with E-state index in [0.29, 0.717) is 6.04 Å². The highest BCUT2D eigenvalue weighted by Crippen LogP contribution is 2.18. The maximum atomic E-state index is 5.61. The van der Waals surface area contributed by atoms with Crippen LogP contribution in [0.25, 0.3) is 0 Å². The first-order valence-electron chi connectivity index (χ1n) is 7.82. The minimum Gasteiger partial charge on any atom is -0.497 e. The molecule has 1 unspecified atom stereocenters. The van der Waals surface area contributed by atoms with Crippen molar-refractivity contribution < 1.29 is 9.47 Å². The van der Waals surface area contributed by atoms with E-state index < -0.39 is 0 Å². The van der Waals surface area contributed by atoms with Gasteiger partial charge in [0.25, 0.3) is 0 Å². The summed E-state index contributed by atoms with van der Waals surface area (Å²) in [5.41, 5.74) is 2.51. The number of rotatable bonds is 8. The third kappa shape index (κ3) is 4.78. The van der Waals surface area contributed by atoms with E-state index in [0.717, 1.165) is 31.1 Å². The minimum absolute atomic E-state index is 0.294. The monoisotopic (exact) mass is 299 g/mol. The van der Waals surface area contributed by atoms with Crippen LogP contribution in [0, 0.1) is 0 Å². The molecule has 0 bridgehead atoms. The van der Waals surface area contributed by atoms with E-state index in [9.17, 15) is 0 Å². The van der Waals surface area contributed by atoms with E-state index in [1.54, 1.807) is 7.11 Å². The highest BCUT2D eigenvalue weighted by Gasteiger charge is 2.05. The van der Waals surface area contributed by atoms with Gasteiger partial charge in [0, 0.05) is 12.6 Å². The van der Waals surface area contributed by atoms with Gasteiger partial charge in [-0.3, -0.25) is 0 Å². The summed E-state index contributed by atoms with van der Waals surface area (Å²) in [6.45, 7) is 5.88. The molecule has 0 saturated carbocycles. The van der Waals surface area contributed by atoms with Crippen molar-refractivity contribution in [3.8, 4) is 11.5 Å². The van der Waals surface area contributed by atoms with Crippen molar-refractivity contribution in [1.29, 1.82) is 0 Å². The molecular weight excluding hydrogens is 274 g/mol. The van der Waals surface area contributed by atoms with Gasteiger partial charge in [-0.1, -0.05) is 31.2 Å². The number of benzene rings is 2. The Morgan fingerprint density at radius 3 is 2.18 bits per heavy atom. The van der Waals surface area contributed by atoms with Gasteiger partial charge in [-0.25, -0.2) is 0 Å². The van der Waals surface area contributed by atoms with E-state index in [1.807, 2.05) is 24.3 Å². The summed E-state index contributed by atoms with van der Waals surface area (Å²) in [7, 11) is 1.68. The SMILES string of the molecule is CCCOc1ccc(C(C)NCc2ccc(OC)cc2)cc1. The second-order valence-electron chi connectivity index (χ2n) is 5.37. The van der Waals surface area contributed by atoms with Gasteiger partial charge in [0.15, 0.2) is 0 Å². The molecule has 118 valence electrons. The summed E-state index contributed by atoms with van der Waals surface area (Å²) in [5, 5.41) is 3.53. The van der Waals surface area contributed by atoms with Crippen LogP contribution in [0.3, 0.4) is 0 Å². The minimum atomic E-state index is 0.294. The van der Waals surface area contributed by atoms with Crippen molar-refractivity contribution >= 4 is 0 Å². The van der Waals surface area contributed by atoms with Crippen LogP contribution in [0.4, 0.5) is 0 Å². The molecule has 0 aliphatic carbocycles. The Morgan fingerprint density at radius 2 is 1.59 bits per heavy atom. The van der Waals surface area contributed by atoms with Gasteiger partial charge in [0.1, 0.15) is 11.5 Å². The van der Waals surface area contributed by atoms with E-state index >= 15 is 0 Å². The quantitative estimate of drug-likeness (QED) is 0.786. The number of ether oxygens (including phenoxy) is 2. The summed E-state index contributed by atoms with van der Waals surface area (Å²) in [5.74, 6) is 1.83. The number of hydrogen-bond acceptors (Lipinski definition) is 3. The van der Waals surface area contributed by atoms with Gasteiger partial charge >= 0.3 is 0 Å². The van der Waals surface area contributed by atoms with Crippen LogP contribution in [0.5, 0.6) is 11.5 Å². The molecule has 0 aromatic heterocycles. The zero-order valence-corrected chi connectivity index (χ0v) is 13.6. The first-order valence-corrected chi connectivity index (χ1v) is 7.82. The average molecular weight is 299 g/mol. The molecular formula is C19H25NO2. The lowest BCUT2D eigenvalue weighted by atomic mass is 10.1. The van der Waals surface area contributed by atoms with Crippen LogP contribution in [0.15, 0.2) is 48.5 Å². The zero-order valence-electron chi connectivity index (χ0n) is 13.6. The Kier molecular flexibility index (Phi) is 6.28. The second kappa shape index (κ2) is 8.44. The Hall–Kier alpha value is -2.00. The Morgan fingerprint density at radius 1 is 0.955 bits per heavy atom. The fourth-order valence-corrected chi connectivity index (χ4v) is 2.20. The molecule has 3 heteroatoms. The van der Waals surface area contributed by atoms with Crippen molar-refractivity contribution in [1.82, 2.24) is 5.32 Å². The summed E-state index contributed by atoms with van der Waals surface area (Å²) in [4.78, 5) is 0. The molecule has 0 aliphatic rings. The van der Waals surface area contributed by atoms with Gasteiger partial charge in [0.05, 0.1) is 13.7 Å². The number of hydrogen-bond donors (Lipinski definition) is 1. The molecule has 22 heavy (non-hydrogen) atoms. The Labute approximate surface area is 133 Å². The molecule has 0 fully saturated rings. The van der Waals surface area contributed by atoms with E-state index in [1.165, 1.54) is 11.1 Å². The van der Waals surface area contributed by atoms with E-state index in [-0.39, 0.29) is 0 Å². The van der Waals surface area contributed by atoms with Crippen LogP contribution < -0.4 is 14.8 Å². The van der Waals surface area contributed by atoms with Crippen molar-refractivity contribution in [2.75, 3.05) is 13.7 Å². The molecule has 0 spiro atoms. The smallest absolute Gasteiger partial charge is 0.119 e. The molecule has 0 heterocycles. The first kappa shape index (κ1) is 16.4. The summed E-state index contributed by atoms with van der Waals surface area (Å²) >= 11 is 0. The van der Waals surface area contributed by atoms with Gasteiger partial charge < -0.3 is 14.8 Å². The normalized spacial score (nSPS) is 12.0.